The largest absolute Gasteiger partial charge is 0.118 e. The van der Waals surface area contributed by atoms with Gasteiger partial charge in [-0.2, -0.15) is 0 Å². The predicted molar refractivity (Wildman–Crippen MR) is 75.6 cm³/mol. The molecule has 1 aromatic carbocycles. The predicted octanol–water partition coefficient (Wildman–Crippen LogP) is 5.12. The third-order valence-electron chi connectivity index (χ3n) is 3.45. The number of hydrogen-bond donors (Lipinski definition) is 0. The number of benzene rings is 1. The molecule has 1 aliphatic rings. The Labute approximate surface area is 110 Å². The Bertz CT molecular complexity index is 353. The molecular weight excluding hydrogens is 228 g/mol. The molecule has 0 nitrogen and oxygen atoms in total. The highest BCUT2D eigenvalue weighted by atomic mass is 35.5. The van der Waals surface area contributed by atoms with E-state index in [0.29, 0.717) is 0 Å². The summed E-state index contributed by atoms with van der Waals surface area (Å²) < 4.78 is 0. The average molecular weight is 249 g/mol. The minimum absolute atomic E-state index is 0.282. The highest BCUT2D eigenvalue weighted by Crippen LogP contribution is 2.24. The van der Waals surface area contributed by atoms with Gasteiger partial charge in [0, 0.05) is 0 Å². The van der Waals surface area contributed by atoms with Gasteiger partial charge in [0.2, 0.25) is 0 Å². The third kappa shape index (κ3) is 4.55. The van der Waals surface area contributed by atoms with E-state index in [9.17, 15) is 0 Å². The maximum atomic E-state index is 6.24. The number of aryl methyl sites for hydroxylation is 1. The summed E-state index contributed by atoms with van der Waals surface area (Å²) in [6.45, 7) is 0. The zero-order valence-corrected chi connectivity index (χ0v) is 11.1. The van der Waals surface area contributed by atoms with Crippen molar-refractivity contribution in [2.75, 3.05) is 0 Å². The van der Waals surface area contributed by atoms with Crippen LogP contribution >= 0.6 is 11.6 Å². The van der Waals surface area contributed by atoms with Crippen molar-refractivity contribution in [3.05, 3.63) is 47.5 Å². The molecule has 0 aromatic heterocycles. The van der Waals surface area contributed by atoms with E-state index in [4.69, 9.17) is 11.6 Å². The second-order valence-electron chi connectivity index (χ2n) is 4.93. The molecule has 2 rings (SSSR count). The maximum absolute atomic E-state index is 6.24. The molecule has 92 valence electrons. The van der Waals surface area contributed by atoms with Crippen LogP contribution < -0.4 is 0 Å². The number of rotatable bonds is 4. The van der Waals surface area contributed by atoms with Gasteiger partial charge in [-0.1, -0.05) is 48.4 Å². The van der Waals surface area contributed by atoms with E-state index in [0.717, 1.165) is 6.42 Å². The zero-order chi connectivity index (χ0) is 11.9. The van der Waals surface area contributed by atoms with Crippen LogP contribution in [0.1, 0.15) is 44.1 Å². The van der Waals surface area contributed by atoms with Crippen molar-refractivity contribution in [2.45, 2.75) is 50.3 Å². The fourth-order valence-electron chi connectivity index (χ4n) is 2.49. The maximum Gasteiger partial charge on any atom is 0.0518 e. The van der Waals surface area contributed by atoms with Crippen molar-refractivity contribution < 1.29 is 0 Å². The Balaban J connectivity index is 1.78. The highest BCUT2D eigenvalue weighted by Gasteiger charge is 2.09. The van der Waals surface area contributed by atoms with E-state index < -0.39 is 0 Å². The minimum atomic E-state index is 0.282. The summed E-state index contributed by atoms with van der Waals surface area (Å²) in [6.07, 6.45) is 11.0. The van der Waals surface area contributed by atoms with E-state index in [1.165, 1.54) is 44.1 Å². The lowest BCUT2D eigenvalue weighted by atomic mass is 10.0. The standard InChI is InChI=1S/C16H21Cl/c17-16-12-5-4-9-15(13-16)11-6-10-14-7-2-1-3-8-14/h1-3,7-8,13,16H,4-6,9-12H2. The molecular formula is C16H21Cl. The molecule has 1 heteroatoms. The van der Waals surface area contributed by atoms with Crippen LogP contribution in [-0.4, -0.2) is 5.38 Å². The molecule has 17 heavy (non-hydrogen) atoms. The summed E-state index contributed by atoms with van der Waals surface area (Å²) in [6, 6.07) is 10.7. The van der Waals surface area contributed by atoms with Crippen LogP contribution in [0.3, 0.4) is 0 Å². The summed E-state index contributed by atoms with van der Waals surface area (Å²) in [7, 11) is 0. The van der Waals surface area contributed by atoms with Crippen LogP contribution in [0.2, 0.25) is 0 Å². The van der Waals surface area contributed by atoms with Crippen LogP contribution in [0.15, 0.2) is 42.0 Å². The zero-order valence-electron chi connectivity index (χ0n) is 10.4. The summed E-state index contributed by atoms with van der Waals surface area (Å²) in [5.41, 5.74) is 3.03. The van der Waals surface area contributed by atoms with Crippen molar-refractivity contribution in [2.24, 2.45) is 0 Å². The van der Waals surface area contributed by atoms with Gasteiger partial charge in [0.1, 0.15) is 0 Å². The van der Waals surface area contributed by atoms with Crippen molar-refractivity contribution >= 4 is 11.6 Å². The lowest BCUT2D eigenvalue weighted by Crippen LogP contribution is -1.92. The molecule has 0 saturated heterocycles. The second kappa shape index (κ2) is 6.86. The normalized spacial score (nSPS) is 20.8. The molecule has 0 heterocycles. The third-order valence-corrected chi connectivity index (χ3v) is 3.79. The number of halogens is 1. The molecule has 0 fully saturated rings. The lowest BCUT2D eigenvalue weighted by Gasteiger charge is -2.06. The minimum Gasteiger partial charge on any atom is -0.118 e. The molecule has 1 aliphatic carbocycles. The number of allylic oxidation sites excluding steroid dienone is 2. The van der Waals surface area contributed by atoms with Crippen LogP contribution in [-0.2, 0) is 6.42 Å². The van der Waals surface area contributed by atoms with Crippen molar-refractivity contribution in [3.8, 4) is 0 Å². The van der Waals surface area contributed by atoms with Crippen LogP contribution in [0.25, 0.3) is 0 Å². The topological polar surface area (TPSA) is 0 Å². The van der Waals surface area contributed by atoms with Crippen molar-refractivity contribution in [1.82, 2.24) is 0 Å². The van der Waals surface area contributed by atoms with Gasteiger partial charge in [-0.15, -0.1) is 11.6 Å². The molecule has 1 atom stereocenters. The number of hydrogen-bond acceptors (Lipinski definition) is 0. The summed E-state index contributed by atoms with van der Waals surface area (Å²) in [5, 5.41) is 0.282. The first-order valence-electron chi connectivity index (χ1n) is 6.72. The molecule has 1 unspecified atom stereocenters. The first kappa shape index (κ1) is 12.7. The monoisotopic (exact) mass is 248 g/mol. The molecule has 0 aliphatic heterocycles. The van der Waals surface area contributed by atoms with E-state index in [1.54, 1.807) is 5.57 Å². The van der Waals surface area contributed by atoms with Gasteiger partial charge in [0.25, 0.3) is 0 Å². The molecule has 1 aromatic rings. The Morgan fingerprint density at radius 1 is 1.06 bits per heavy atom. The number of alkyl halides is 1. The van der Waals surface area contributed by atoms with Crippen molar-refractivity contribution in [3.63, 3.8) is 0 Å². The molecule has 0 saturated carbocycles. The van der Waals surface area contributed by atoms with Crippen LogP contribution in [0.4, 0.5) is 0 Å². The summed E-state index contributed by atoms with van der Waals surface area (Å²) in [4.78, 5) is 0. The van der Waals surface area contributed by atoms with Gasteiger partial charge < -0.3 is 0 Å². The van der Waals surface area contributed by atoms with Gasteiger partial charge in [-0.05, 0) is 44.1 Å². The fourth-order valence-corrected chi connectivity index (χ4v) is 2.82. The molecule has 0 amide bonds. The SMILES string of the molecule is ClC1C=C(CCCc2ccccc2)CCCC1. The van der Waals surface area contributed by atoms with E-state index in [-0.39, 0.29) is 5.38 Å². The van der Waals surface area contributed by atoms with Gasteiger partial charge in [-0.3, -0.25) is 0 Å². The van der Waals surface area contributed by atoms with Gasteiger partial charge in [0.05, 0.1) is 5.38 Å². The van der Waals surface area contributed by atoms with Crippen LogP contribution in [0.5, 0.6) is 0 Å². The summed E-state index contributed by atoms with van der Waals surface area (Å²) in [5.74, 6) is 0. The van der Waals surface area contributed by atoms with E-state index in [2.05, 4.69) is 36.4 Å². The molecule has 0 radical (unpaired) electrons. The van der Waals surface area contributed by atoms with Crippen LogP contribution in [0, 0.1) is 0 Å². The van der Waals surface area contributed by atoms with E-state index >= 15 is 0 Å². The second-order valence-corrected chi connectivity index (χ2v) is 5.49. The Morgan fingerprint density at radius 3 is 2.71 bits per heavy atom. The van der Waals surface area contributed by atoms with Gasteiger partial charge in [-0.25, -0.2) is 0 Å². The highest BCUT2D eigenvalue weighted by molar-refractivity contribution is 6.21. The van der Waals surface area contributed by atoms with E-state index in [1.807, 2.05) is 0 Å². The molecule has 0 N–H and O–H groups in total. The average Bonchev–Trinajstić information content (AvgIpc) is 2.55. The Hall–Kier alpha value is -0.750. The smallest absolute Gasteiger partial charge is 0.0518 e. The molecule has 0 spiro atoms. The quantitative estimate of drug-likeness (QED) is 0.513. The van der Waals surface area contributed by atoms with Gasteiger partial charge in [0.15, 0.2) is 0 Å². The first-order chi connectivity index (χ1) is 8.34. The lowest BCUT2D eigenvalue weighted by molar-refractivity contribution is 0.695. The Morgan fingerprint density at radius 2 is 1.88 bits per heavy atom. The fraction of sp³-hybridized carbons (Fsp3) is 0.500. The molecule has 0 bridgehead atoms. The first-order valence-corrected chi connectivity index (χ1v) is 7.16. The Kier molecular flexibility index (Phi) is 5.12. The van der Waals surface area contributed by atoms with Crippen molar-refractivity contribution in [1.29, 1.82) is 0 Å². The summed E-state index contributed by atoms with van der Waals surface area (Å²) >= 11 is 6.24. The van der Waals surface area contributed by atoms with Gasteiger partial charge >= 0.3 is 0 Å².